The maximum absolute atomic E-state index is 5.63. The highest BCUT2D eigenvalue weighted by atomic mass is 16.5. The molecule has 0 aromatic heterocycles. The molecule has 1 fully saturated rings. The van der Waals surface area contributed by atoms with Crippen molar-refractivity contribution in [3.63, 3.8) is 0 Å². The Bertz CT molecular complexity index is 460. The van der Waals surface area contributed by atoms with Gasteiger partial charge in [0.15, 0.2) is 0 Å². The number of likely N-dealkylation sites (N-methyl/N-ethyl adjacent to an activating group) is 1. The Hall–Kier alpha value is -1.26. The van der Waals surface area contributed by atoms with Crippen LogP contribution in [-0.4, -0.2) is 45.8 Å². The van der Waals surface area contributed by atoms with Crippen molar-refractivity contribution in [2.45, 2.75) is 19.9 Å². The maximum Gasteiger partial charge on any atom is 0.127 e. The van der Waals surface area contributed by atoms with Crippen molar-refractivity contribution in [2.24, 2.45) is 0 Å². The number of hydrogen-bond donors (Lipinski definition) is 1. The third-order valence-corrected chi connectivity index (χ3v) is 4.00. The van der Waals surface area contributed by atoms with Crippen molar-refractivity contribution in [1.82, 2.24) is 10.2 Å². The summed E-state index contributed by atoms with van der Waals surface area (Å²) in [5.41, 5.74) is 3.49. The van der Waals surface area contributed by atoms with Gasteiger partial charge in [0.2, 0.25) is 0 Å². The number of methoxy groups -OCH3 is 2. The van der Waals surface area contributed by atoms with E-state index in [9.17, 15) is 0 Å². The molecular weight excluding hydrogens is 240 g/mol. The van der Waals surface area contributed by atoms with Crippen LogP contribution in [-0.2, 0) is 0 Å². The number of rotatable bonds is 3. The molecule has 1 atom stereocenters. The highest BCUT2D eigenvalue weighted by Crippen LogP contribution is 2.37. The summed E-state index contributed by atoms with van der Waals surface area (Å²) in [7, 11) is 5.61. The van der Waals surface area contributed by atoms with Gasteiger partial charge in [0.05, 0.1) is 14.2 Å². The lowest BCUT2D eigenvalue weighted by Crippen LogP contribution is -2.43. The van der Waals surface area contributed by atoms with Crippen LogP contribution in [0.1, 0.15) is 22.7 Å². The molecule has 1 aromatic rings. The smallest absolute Gasteiger partial charge is 0.127 e. The zero-order valence-electron chi connectivity index (χ0n) is 12.5. The predicted octanol–water partition coefficient (Wildman–Crippen LogP) is 1.90. The molecule has 4 nitrogen and oxygen atoms in total. The molecule has 19 heavy (non-hydrogen) atoms. The SMILES string of the molecule is COc1cc(C2CN(C)CCN2)c(OC)c(C)c1C. The Balaban J connectivity index is 2.45. The van der Waals surface area contributed by atoms with Crippen molar-refractivity contribution in [1.29, 1.82) is 0 Å². The molecule has 0 saturated carbocycles. The van der Waals surface area contributed by atoms with E-state index in [-0.39, 0.29) is 0 Å². The molecule has 1 aliphatic heterocycles. The Morgan fingerprint density at radius 3 is 2.53 bits per heavy atom. The second-order valence-corrected chi connectivity index (χ2v) is 5.22. The summed E-state index contributed by atoms with van der Waals surface area (Å²) >= 11 is 0. The van der Waals surface area contributed by atoms with Crippen molar-refractivity contribution >= 4 is 0 Å². The lowest BCUT2D eigenvalue weighted by atomic mass is 9.96. The van der Waals surface area contributed by atoms with Crippen molar-refractivity contribution in [3.8, 4) is 11.5 Å². The number of ether oxygens (including phenoxy) is 2. The summed E-state index contributed by atoms with van der Waals surface area (Å²) in [6.45, 7) is 7.23. The fourth-order valence-electron chi connectivity index (χ4n) is 2.73. The zero-order chi connectivity index (χ0) is 14.0. The van der Waals surface area contributed by atoms with Gasteiger partial charge < -0.3 is 19.7 Å². The van der Waals surface area contributed by atoms with E-state index in [0.29, 0.717) is 6.04 Å². The summed E-state index contributed by atoms with van der Waals surface area (Å²) in [5, 5.41) is 3.56. The third kappa shape index (κ3) is 2.69. The van der Waals surface area contributed by atoms with E-state index >= 15 is 0 Å². The molecule has 1 unspecified atom stereocenters. The number of nitrogens with one attached hydrogen (secondary N) is 1. The van der Waals surface area contributed by atoms with Gasteiger partial charge in [-0.25, -0.2) is 0 Å². The minimum Gasteiger partial charge on any atom is -0.496 e. The highest BCUT2D eigenvalue weighted by Gasteiger charge is 2.24. The van der Waals surface area contributed by atoms with Crippen molar-refractivity contribution in [3.05, 3.63) is 22.8 Å². The van der Waals surface area contributed by atoms with Gasteiger partial charge in [0.25, 0.3) is 0 Å². The fourth-order valence-corrected chi connectivity index (χ4v) is 2.73. The fraction of sp³-hybridized carbons (Fsp3) is 0.600. The van der Waals surface area contributed by atoms with Crippen LogP contribution in [0.5, 0.6) is 11.5 Å². The Morgan fingerprint density at radius 1 is 1.21 bits per heavy atom. The normalized spacial score (nSPS) is 20.4. The zero-order valence-corrected chi connectivity index (χ0v) is 12.5. The van der Waals surface area contributed by atoms with Crippen molar-refractivity contribution in [2.75, 3.05) is 40.9 Å². The third-order valence-electron chi connectivity index (χ3n) is 4.00. The second kappa shape index (κ2) is 5.80. The van der Waals surface area contributed by atoms with E-state index in [2.05, 4.69) is 37.2 Å². The minimum absolute atomic E-state index is 0.293. The monoisotopic (exact) mass is 264 g/mol. The van der Waals surface area contributed by atoms with E-state index in [1.165, 1.54) is 5.56 Å². The Kier molecular flexibility index (Phi) is 4.32. The molecule has 1 heterocycles. The van der Waals surface area contributed by atoms with Gasteiger partial charge in [-0.2, -0.15) is 0 Å². The van der Waals surface area contributed by atoms with Crippen LogP contribution in [0.25, 0.3) is 0 Å². The lowest BCUT2D eigenvalue weighted by molar-refractivity contribution is 0.237. The quantitative estimate of drug-likeness (QED) is 0.904. The van der Waals surface area contributed by atoms with Crippen molar-refractivity contribution < 1.29 is 9.47 Å². The van der Waals surface area contributed by atoms with Crippen LogP contribution >= 0.6 is 0 Å². The largest absolute Gasteiger partial charge is 0.496 e. The van der Waals surface area contributed by atoms with Gasteiger partial charge in [-0.05, 0) is 38.1 Å². The number of hydrogen-bond acceptors (Lipinski definition) is 4. The van der Waals surface area contributed by atoms with Gasteiger partial charge in [-0.3, -0.25) is 0 Å². The van der Waals surface area contributed by atoms with Crippen LogP contribution in [0.15, 0.2) is 6.07 Å². The first kappa shape index (κ1) is 14.2. The molecule has 106 valence electrons. The number of piperazine rings is 1. The van der Waals surface area contributed by atoms with Gasteiger partial charge in [-0.15, -0.1) is 0 Å². The molecule has 0 aliphatic carbocycles. The molecule has 0 amide bonds. The number of benzene rings is 1. The van der Waals surface area contributed by atoms with Crippen LogP contribution in [0, 0.1) is 13.8 Å². The second-order valence-electron chi connectivity index (χ2n) is 5.22. The molecular formula is C15H24N2O2. The summed E-state index contributed by atoms with van der Waals surface area (Å²) in [6.07, 6.45) is 0. The van der Waals surface area contributed by atoms with E-state index in [4.69, 9.17) is 9.47 Å². The standard InChI is InChI=1S/C15H24N2O2/c1-10-11(2)15(19-5)12(8-14(10)18-4)13-9-17(3)7-6-16-13/h8,13,16H,6-7,9H2,1-5H3. The first-order valence-corrected chi connectivity index (χ1v) is 6.72. The summed E-state index contributed by atoms with van der Waals surface area (Å²) in [5.74, 6) is 1.91. The minimum atomic E-state index is 0.293. The van der Waals surface area contributed by atoms with Gasteiger partial charge in [-0.1, -0.05) is 0 Å². The first-order chi connectivity index (χ1) is 9.08. The Morgan fingerprint density at radius 2 is 1.95 bits per heavy atom. The molecule has 1 aliphatic rings. The van der Waals surface area contributed by atoms with Gasteiger partial charge in [0.1, 0.15) is 11.5 Å². The van der Waals surface area contributed by atoms with Crippen LogP contribution < -0.4 is 14.8 Å². The highest BCUT2D eigenvalue weighted by molar-refractivity contribution is 5.53. The van der Waals surface area contributed by atoms with E-state index in [0.717, 1.165) is 42.3 Å². The molecule has 0 spiro atoms. The summed E-state index contributed by atoms with van der Waals surface area (Å²) in [6, 6.07) is 2.40. The first-order valence-electron chi connectivity index (χ1n) is 6.72. The molecule has 4 heteroatoms. The van der Waals surface area contributed by atoms with Crippen LogP contribution in [0.2, 0.25) is 0 Å². The molecule has 1 aromatic carbocycles. The van der Waals surface area contributed by atoms with Crippen LogP contribution in [0.4, 0.5) is 0 Å². The maximum atomic E-state index is 5.63. The van der Waals surface area contributed by atoms with E-state index < -0.39 is 0 Å². The van der Waals surface area contributed by atoms with E-state index in [1.54, 1.807) is 14.2 Å². The molecule has 1 N–H and O–H groups in total. The molecule has 0 bridgehead atoms. The topological polar surface area (TPSA) is 33.7 Å². The molecule has 0 radical (unpaired) electrons. The van der Waals surface area contributed by atoms with Gasteiger partial charge in [0, 0.05) is 31.2 Å². The average molecular weight is 264 g/mol. The predicted molar refractivity (Wildman–Crippen MR) is 77.3 cm³/mol. The van der Waals surface area contributed by atoms with E-state index in [1.807, 2.05) is 0 Å². The lowest BCUT2D eigenvalue weighted by Gasteiger charge is -2.32. The summed E-state index contributed by atoms with van der Waals surface area (Å²) in [4.78, 5) is 2.34. The molecule has 2 rings (SSSR count). The average Bonchev–Trinajstić information content (AvgIpc) is 2.41. The number of nitrogens with zero attached hydrogens (tertiary/aromatic N) is 1. The Labute approximate surface area is 115 Å². The van der Waals surface area contributed by atoms with Crippen LogP contribution in [0.3, 0.4) is 0 Å². The summed E-state index contributed by atoms with van der Waals surface area (Å²) < 4.78 is 11.1. The molecule has 1 saturated heterocycles. The van der Waals surface area contributed by atoms with Gasteiger partial charge >= 0.3 is 0 Å².